The van der Waals surface area contributed by atoms with Gasteiger partial charge in [0.2, 0.25) is 11.8 Å². The van der Waals surface area contributed by atoms with Crippen LogP contribution in [0.4, 0.5) is 0 Å². The summed E-state index contributed by atoms with van der Waals surface area (Å²) in [6.07, 6.45) is 9.39. The van der Waals surface area contributed by atoms with Crippen molar-refractivity contribution in [3.63, 3.8) is 0 Å². The zero-order valence-corrected chi connectivity index (χ0v) is 15.6. The number of carbonyl (C=O) groups excluding carboxylic acids is 2. The monoisotopic (exact) mass is 365 g/mol. The molecular formula is C23H27NO3. The molecule has 3 aliphatic carbocycles. The van der Waals surface area contributed by atoms with Crippen LogP contribution in [0.2, 0.25) is 0 Å². The minimum Gasteiger partial charge on any atom is -0.376 e. The fourth-order valence-corrected chi connectivity index (χ4v) is 5.85. The fourth-order valence-electron chi connectivity index (χ4n) is 5.85. The van der Waals surface area contributed by atoms with Crippen LogP contribution in [0.5, 0.6) is 0 Å². The number of carbonyl (C=O) groups is 2. The molecule has 4 nitrogen and oxygen atoms in total. The van der Waals surface area contributed by atoms with Crippen LogP contribution in [0.25, 0.3) is 0 Å². The molecule has 6 atom stereocenters. The normalized spacial score (nSPS) is 37.3. The van der Waals surface area contributed by atoms with Crippen molar-refractivity contribution in [2.75, 3.05) is 6.61 Å². The van der Waals surface area contributed by atoms with E-state index < -0.39 is 0 Å². The first-order chi connectivity index (χ1) is 13.2. The van der Waals surface area contributed by atoms with Gasteiger partial charge in [0.15, 0.2) is 0 Å². The van der Waals surface area contributed by atoms with E-state index in [9.17, 15) is 9.59 Å². The minimum atomic E-state index is -0.0674. The van der Waals surface area contributed by atoms with Crippen LogP contribution < -0.4 is 0 Å². The summed E-state index contributed by atoms with van der Waals surface area (Å²) >= 11 is 0. The predicted octanol–water partition coefficient (Wildman–Crippen LogP) is 3.57. The molecule has 2 bridgehead atoms. The number of amides is 2. The number of imide groups is 1. The van der Waals surface area contributed by atoms with Gasteiger partial charge < -0.3 is 4.74 Å². The number of allylic oxidation sites excluding steroid dienone is 2. The third-order valence-corrected chi connectivity index (χ3v) is 7.09. The van der Waals surface area contributed by atoms with Gasteiger partial charge in [-0.1, -0.05) is 48.9 Å². The standard InChI is InChI=1S/C23H27NO3/c25-22-20-17-9-10-18(12-17)21(20)23(26)24(22)19-8-4-7-16(11-19)14-27-13-15-5-2-1-3-6-15/h1-3,5-6,9-10,16-21H,4,7-8,11-14H2. The Morgan fingerprint density at radius 3 is 2.33 bits per heavy atom. The number of ether oxygens (including phenoxy) is 1. The van der Waals surface area contributed by atoms with Crippen molar-refractivity contribution >= 4 is 11.8 Å². The van der Waals surface area contributed by atoms with E-state index in [1.165, 1.54) is 5.56 Å². The van der Waals surface area contributed by atoms with Gasteiger partial charge in [-0.05, 0) is 49.0 Å². The van der Waals surface area contributed by atoms with E-state index in [4.69, 9.17) is 4.74 Å². The van der Waals surface area contributed by atoms with E-state index in [2.05, 4.69) is 24.3 Å². The zero-order chi connectivity index (χ0) is 18.4. The van der Waals surface area contributed by atoms with Gasteiger partial charge in [0.25, 0.3) is 0 Å². The van der Waals surface area contributed by atoms with E-state index in [0.29, 0.717) is 31.0 Å². The number of nitrogens with zero attached hydrogens (tertiary/aromatic N) is 1. The molecule has 0 N–H and O–H groups in total. The Kier molecular flexibility index (Phi) is 4.39. The predicted molar refractivity (Wildman–Crippen MR) is 101 cm³/mol. The van der Waals surface area contributed by atoms with Crippen LogP contribution in [0.1, 0.15) is 37.7 Å². The highest BCUT2D eigenvalue weighted by Crippen LogP contribution is 2.53. The molecule has 1 aromatic carbocycles. The van der Waals surface area contributed by atoms with Crippen molar-refractivity contribution in [1.29, 1.82) is 0 Å². The molecule has 4 aliphatic rings. The highest BCUT2D eigenvalue weighted by atomic mass is 16.5. The van der Waals surface area contributed by atoms with Crippen molar-refractivity contribution in [3.8, 4) is 0 Å². The van der Waals surface area contributed by atoms with Gasteiger partial charge >= 0.3 is 0 Å². The molecule has 1 heterocycles. The largest absolute Gasteiger partial charge is 0.376 e. The van der Waals surface area contributed by atoms with E-state index >= 15 is 0 Å². The molecule has 4 heteroatoms. The summed E-state index contributed by atoms with van der Waals surface area (Å²) in [5.74, 6) is 1.12. The lowest BCUT2D eigenvalue weighted by molar-refractivity contribution is -0.144. The van der Waals surface area contributed by atoms with Gasteiger partial charge in [-0.2, -0.15) is 0 Å². The Hall–Kier alpha value is -1.94. The first-order valence-corrected chi connectivity index (χ1v) is 10.4. The van der Waals surface area contributed by atoms with Gasteiger partial charge in [0, 0.05) is 12.6 Å². The second-order valence-corrected chi connectivity index (χ2v) is 8.73. The summed E-state index contributed by atoms with van der Waals surface area (Å²) in [7, 11) is 0. The van der Waals surface area contributed by atoms with Crippen molar-refractivity contribution in [2.45, 2.75) is 44.8 Å². The van der Waals surface area contributed by atoms with E-state index in [1.807, 2.05) is 18.2 Å². The molecule has 0 aromatic heterocycles. The molecule has 142 valence electrons. The van der Waals surface area contributed by atoms with Gasteiger partial charge in [0.05, 0.1) is 18.4 Å². The summed E-state index contributed by atoms with van der Waals surface area (Å²) in [6, 6.07) is 10.3. The Morgan fingerprint density at radius 2 is 1.63 bits per heavy atom. The van der Waals surface area contributed by atoms with Gasteiger partial charge in [-0.25, -0.2) is 0 Å². The van der Waals surface area contributed by atoms with Crippen LogP contribution in [0.3, 0.4) is 0 Å². The summed E-state index contributed by atoms with van der Waals surface area (Å²) < 4.78 is 5.94. The van der Waals surface area contributed by atoms with E-state index in [-0.39, 0.29) is 29.7 Å². The first kappa shape index (κ1) is 17.2. The SMILES string of the molecule is O=C1C2C3C=CC(C3)C2C(=O)N1C1CCCC(COCc2ccccc2)C1. The molecule has 1 aromatic rings. The van der Waals surface area contributed by atoms with Crippen LogP contribution in [-0.4, -0.2) is 29.4 Å². The molecule has 1 aliphatic heterocycles. The zero-order valence-electron chi connectivity index (χ0n) is 15.6. The van der Waals surface area contributed by atoms with Gasteiger partial charge in [0.1, 0.15) is 0 Å². The Labute approximate surface area is 160 Å². The Balaban J connectivity index is 1.20. The Morgan fingerprint density at radius 1 is 0.926 bits per heavy atom. The number of benzene rings is 1. The molecule has 27 heavy (non-hydrogen) atoms. The van der Waals surface area contributed by atoms with Gasteiger partial charge in [-0.3, -0.25) is 14.5 Å². The quantitative estimate of drug-likeness (QED) is 0.592. The number of rotatable bonds is 5. The summed E-state index contributed by atoms with van der Waals surface area (Å²) in [5, 5.41) is 0. The fraction of sp³-hybridized carbons (Fsp3) is 0.565. The summed E-state index contributed by atoms with van der Waals surface area (Å²) in [5.41, 5.74) is 1.19. The molecule has 2 amide bonds. The highest BCUT2D eigenvalue weighted by molar-refractivity contribution is 6.06. The number of fused-ring (bicyclic) bond motifs is 5. The molecule has 0 spiro atoms. The lowest BCUT2D eigenvalue weighted by Gasteiger charge is -2.34. The van der Waals surface area contributed by atoms with Crippen molar-refractivity contribution in [2.24, 2.45) is 29.6 Å². The van der Waals surface area contributed by atoms with Gasteiger partial charge in [-0.15, -0.1) is 0 Å². The summed E-state index contributed by atoms with van der Waals surface area (Å²) in [4.78, 5) is 27.7. The van der Waals surface area contributed by atoms with Crippen LogP contribution >= 0.6 is 0 Å². The van der Waals surface area contributed by atoms with Crippen LogP contribution in [-0.2, 0) is 20.9 Å². The third kappa shape index (κ3) is 2.94. The van der Waals surface area contributed by atoms with E-state index in [1.54, 1.807) is 4.90 Å². The number of likely N-dealkylation sites (tertiary alicyclic amines) is 1. The Bertz CT molecular complexity index is 728. The first-order valence-electron chi connectivity index (χ1n) is 10.4. The molecule has 5 rings (SSSR count). The van der Waals surface area contributed by atoms with Crippen molar-refractivity contribution in [1.82, 2.24) is 4.90 Å². The average Bonchev–Trinajstić information content (AvgIpc) is 3.37. The topological polar surface area (TPSA) is 46.6 Å². The number of hydrogen-bond acceptors (Lipinski definition) is 3. The average molecular weight is 365 g/mol. The third-order valence-electron chi connectivity index (χ3n) is 7.09. The molecule has 1 saturated heterocycles. The van der Waals surface area contributed by atoms with Crippen molar-refractivity contribution in [3.05, 3.63) is 48.0 Å². The maximum Gasteiger partial charge on any atom is 0.233 e. The minimum absolute atomic E-state index is 0.0674. The summed E-state index contributed by atoms with van der Waals surface area (Å²) in [6.45, 7) is 1.34. The molecule has 6 unspecified atom stereocenters. The van der Waals surface area contributed by atoms with Crippen LogP contribution in [0, 0.1) is 29.6 Å². The molecule has 3 fully saturated rings. The van der Waals surface area contributed by atoms with Crippen LogP contribution in [0.15, 0.2) is 42.5 Å². The van der Waals surface area contributed by atoms with E-state index in [0.717, 1.165) is 32.1 Å². The molecule has 0 radical (unpaired) electrons. The highest BCUT2D eigenvalue weighted by Gasteiger charge is 2.60. The lowest BCUT2D eigenvalue weighted by Crippen LogP contribution is -2.44. The molecular weight excluding hydrogens is 338 g/mol. The maximum atomic E-state index is 13.0. The maximum absolute atomic E-state index is 13.0. The number of hydrogen-bond donors (Lipinski definition) is 0. The lowest BCUT2D eigenvalue weighted by atomic mass is 9.85. The van der Waals surface area contributed by atoms with Crippen molar-refractivity contribution < 1.29 is 14.3 Å². The second kappa shape index (κ2) is 6.90. The molecule has 2 saturated carbocycles. The smallest absolute Gasteiger partial charge is 0.233 e. The second-order valence-electron chi connectivity index (χ2n) is 8.73.